The van der Waals surface area contributed by atoms with E-state index >= 15 is 0 Å². The number of benzene rings is 1. The molecule has 0 saturated carbocycles. The number of sulfonamides is 1. The average molecular weight is 397 g/mol. The van der Waals surface area contributed by atoms with Gasteiger partial charge in [-0.2, -0.15) is 9.82 Å². The fraction of sp³-hybridized carbons (Fsp3) is 0.375. The highest BCUT2D eigenvalue weighted by Gasteiger charge is 2.42. The van der Waals surface area contributed by atoms with E-state index in [2.05, 4.69) is 9.82 Å². The predicted octanol–water partition coefficient (Wildman–Crippen LogP) is 1.43. The molecule has 0 spiro atoms. The van der Waals surface area contributed by atoms with Gasteiger partial charge in [0.05, 0.1) is 18.3 Å². The zero-order valence-electron chi connectivity index (χ0n) is 14.3. The van der Waals surface area contributed by atoms with Crippen molar-refractivity contribution >= 4 is 27.8 Å². The molecule has 0 aliphatic carbocycles. The van der Waals surface area contributed by atoms with E-state index < -0.39 is 21.5 Å². The molecule has 1 aromatic carbocycles. The normalized spacial score (nSPS) is 20.4. The van der Waals surface area contributed by atoms with Crippen LogP contribution in [0.25, 0.3) is 0 Å². The van der Waals surface area contributed by atoms with E-state index in [0.717, 1.165) is 21.3 Å². The topological polar surface area (TPSA) is 111 Å². The first-order valence-corrected chi connectivity index (χ1v) is 10.5. The Morgan fingerprint density at radius 1 is 1.38 bits per heavy atom. The van der Waals surface area contributed by atoms with Crippen molar-refractivity contribution in [2.75, 3.05) is 19.5 Å². The molecule has 2 heterocycles. The Morgan fingerprint density at radius 2 is 2.08 bits per heavy atom. The number of hydrogen-bond acceptors (Lipinski definition) is 6. The van der Waals surface area contributed by atoms with Crippen molar-refractivity contribution in [1.82, 2.24) is 14.5 Å². The third-order valence-electron chi connectivity index (χ3n) is 4.39. The number of aromatic carboxylic acids is 1. The molecule has 1 aliphatic rings. The first-order valence-electron chi connectivity index (χ1n) is 7.81. The summed E-state index contributed by atoms with van der Waals surface area (Å²) >= 11 is 1.59. The second-order valence-electron chi connectivity index (χ2n) is 6.00. The Kier molecular flexibility index (Phi) is 5.11. The highest BCUT2D eigenvalue weighted by Crippen LogP contribution is 2.33. The van der Waals surface area contributed by atoms with Crippen molar-refractivity contribution in [2.24, 2.45) is 7.05 Å². The SMILES string of the molecule is CSc1ccc(C2(NS(=O)(=O)c3cnn(C)c3C(=O)O)CCOC2)cc1. The molecule has 1 aromatic heterocycles. The molecule has 1 saturated heterocycles. The number of nitrogens with zero attached hydrogens (tertiary/aromatic N) is 2. The van der Waals surface area contributed by atoms with Crippen LogP contribution in [0.2, 0.25) is 0 Å². The van der Waals surface area contributed by atoms with E-state index in [9.17, 15) is 18.3 Å². The molecular weight excluding hydrogens is 378 g/mol. The van der Waals surface area contributed by atoms with Crippen molar-refractivity contribution < 1.29 is 23.1 Å². The van der Waals surface area contributed by atoms with Gasteiger partial charge in [-0.15, -0.1) is 11.8 Å². The summed E-state index contributed by atoms with van der Waals surface area (Å²) in [4.78, 5) is 12.1. The van der Waals surface area contributed by atoms with Gasteiger partial charge in [0.1, 0.15) is 4.90 Å². The van der Waals surface area contributed by atoms with Crippen LogP contribution in [0.3, 0.4) is 0 Å². The lowest BCUT2D eigenvalue weighted by molar-refractivity contribution is 0.0680. The van der Waals surface area contributed by atoms with Gasteiger partial charge in [-0.3, -0.25) is 4.68 Å². The van der Waals surface area contributed by atoms with Crippen LogP contribution < -0.4 is 4.72 Å². The summed E-state index contributed by atoms with van der Waals surface area (Å²) in [5, 5.41) is 13.1. The first kappa shape index (κ1) is 18.9. The summed E-state index contributed by atoms with van der Waals surface area (Å²) in [6, 6.07) is 7.57. The van der Waals surface area contributed by atoms with E-state index in [1.54, 1.807) is 11.8 Å². The number of aryl methyl sites for hydroxylation is 1. The van der Waals surface area contributed by atoms with E-state index in [-0.39, 0.29) is 17.2 Å². The number of carboxylic acid groups (broad SMARTS) is 1. The van der Waals surface area contributed by atoms with Gasteiger partial charge in [-0.25, -0.2) is 13.2 Å². The van der Waals surface area contributed by atoms with Crippen molar-refractivity contribution in [1.29, 1.82) is 0 Å². The molecule has 3 rings (SSSR count). The molecule has 8 nitrogen and oxygen atoms in total. The van der Waals surface area contributed by atoms with E-state index in [0.29, 0.717) is 13.0 Å². The molecule has 1 aliphatic heterocycles. The lowest BCUT2D eigenvalue weighted by Crippen LogP contribution is -2.46. The molecule has 0 amide bonds. The fourth-order valence-electron chi connectivity index (χ4n) is 3.01. The number of thioether (sulfide) groups is 1. The fourth-order valence-corrected chi connectivity index (χ4v) is 4.98. The monoisotopic (exact) mass is 397 g/mol. The standard InChI is InChI=1S/C16H19N3O5S2/c1-19-14(15(20)21)13(9-17-19)26(22,23)18-16(7-8-24-10-16)11-3-5-12(25-2)6-4-11/h3-6,9,18H,7-8,10H2,1-2H3,(H,20,21). The number of carbonyl (C=O) groups is 1. The third-order valence-corrected chi connectivity index (χ3v) is 6.67. The number of carboxylic acids is 1. The zero-order chi connectivity index (χ0) is 18.9. The Labute approximate surface area is 155 Å². The Balaban J connectivity index is 2.01. The molecule has 26 heavy (non-hydrogen) atoms. The molecular formula is C16H19N3O5S2. The summed E-state index contributed by atoms with van der Waals surface area (Å²) in [5.74, 6) is -1.36. The maximum atomic E-state index is 12.9. The van der Waals surface area contributed by atoms with Crippen LogP contribution in [0.4, 0.5) is 0 Å². The number of rotatable bonds is 6. The summed E-state index contributed by atoms with van der Waals surface area (Å²) in [6.07, 6.45) is 3.46. The number of aromatic nitrogens is 2. The minimum atomic E-state index is -4.12. The molecule has 0 bridgehead atoms. The second kappa shape index (κ2) is 7.03. The number of hydrogen-bond donors (Lipinski definition) is 2. The van der Waals surface area contributed by atoms with Crippen molar-refractivity contribution in [3.63, 3.8) is 0 Å². The van der Waals surface area contributed by atoms with E-state index in [4.69, 9.17) is 4.74 Å². The number of nitrogens with one attached hydrogen (secondary N) is 1. The van der Waals surface area contributed by atoms with Crippen LogP contribution in [0.15, 0.2) is 40.3 Å². The molecule has 1 atom stereocenters. The Bertz CT molecular complexity index is 916. The van der Waals surface area contributed by atoms with Gasteiger partial charge >= 0.3 is 5.97 Å². The summed E-state index contributed by atoms with van der Waals surface area (Å²) in [7, 11) is -2.73. The smallest absolute Gasteiger partial charge is 0.355 e. The summed E-state index contributed by atoms with van der Waals surface area (Å²) in [5.41, 5.74) is -0.553. The maximum absolute atomic E-state index is 12.9. The van der Waals surface area contributed by atoms with Gasteiger partial charge in [-0.05, 0) is 30.4 Å². The van der Waals surface area contributed by atoms with Gasteiger partial charge in [-0.1, -0.05) is 12.1 Å². The van der Waals surface area contributed by atoms with E-state index in [1.807, 2.05) is 30.5 Å². The van der Waals surface area contributed by atoms with Gasteiger partial charge in [0, 0.05) is 18.6 Å². The lowest BCUT2D eigenvalue weighted by Gasteiger charge is -2.29. The third kappa shape index (κ3) is 3.37. The van der Waals surface area contributed by atoms with Gasteiger partial charge in [0.25, 0.3) is 0 Å². The van der Waals surface area contributed by atoms with Crippen LogP contribution in [0.1, 0.15) is 22.5 Å². The van der Waals surface area contributed by atoms with Gasteiger partial charge in [0.15, 0.2) is 5.69 Å². The van der Waals surface area contributed by atoms with Crippen molar-refractivity contribution in [3.05, 3.63) is 41.7 Å². The molecule has 1 fully saturated rings. The molecule has 10 heteroatoms. The molecule has 140 valence electrons. The van der Waals surface area contributed by atoms with Gasteiger partial charge < -0.3 is 9.84 Å². The molecule has 0 radical (unpaired) electrons. The minimum Gasteiger partial charge on any atom is -0.476 e. The average Bonchev–Trinajstić information content (AvgIpc) is 3.22. The maximum Gasteiger partial charge on any atom is 0.355 e. The largest absolute Gasteiger partial charge is 0.476 e. The van der Waals surface area contributed by atoms with Crippen LogP contribution in [0, 0.1) is 0 Å². The summed E-state index contributed by atoms with van der Waals surface area (Å²) in [6.45, 7) is 0.582. The van der Waals surface area contributed by atoms with Crippen molar-refractivity contribution in [2.45, 2.75) is 21.8 Å². The van der Waals surface area contributed by atoms with E-state index in [1.165, 1.54) is 7.05 Å². The Morgan fingerprint density at radius 3 is 2.62 bits per heavy atom. The highest BCUT2D eigenvalue weighted by molar-refractivity contribution is 7.98. The second-order valence-corrected chi connectivity index (χ2v) is 8.54. The molecule has 1 unspecified atom stereocenters. The minimum absolute atomic E-state index is 0.174. The van der Waals surface area contributed by atoms with Crippen LogP contribution >= 0.6 is 11.8 Å². The summed E-state index contributed by atoms with van der Waals surface area (Å²) < 4.78 is 35.0. The van der Waals surface area contributed by atoms with Gasteiger partial charge in [0.2, 0.25) is 10.0 Å². The lowest BCUT2D eigenvalue weighted by atomic mass is 9.90. The first-order chi connectivity index (χ1) is 12.3. The number of ether oxygens (including phenoxy) is 1. The van der Waals surface area contributed by atoms with Crippen LogP contribution in [0.5, 0.6) is 0 Å². The zero-order valence-corrected chi connectivity index (χ0v) is 15.9. The quantitative estimate of drug-likeness (QED) is 0.710. The predicted molar refractivity (Wildman–Crippen MR) is 95.8 cm³/mol. The van der Waals surface area contributed by atoms with Crippen LogP contribution in [-0.4, -0.2) is 48.7 Å². The Hall–Kier alpha value is -1.88. The van der Waals surface area contributed by atoms with Crippen LogP contribution in [-0.2, 0) is 27.3 Å². The molecule has 2 aromatic rings. The highest BCUT2D eigenvalue weighted by atomic mass is 32.2. The van der Waals surface area contributed by atoms with Crippen molar-refractivity contribution in [3.8, 4) is 0 Å². The molecule has 2 N–H and O–H groups in total.